The van der Waals surface area contributed by atoms with Gasteiger partial charge in [0.25, 0.3) is 0 Å². The molecule has 5 nitrogen and oxygen atoms in total. The second kappa shape index (κ2) is 5.21. The van der Waals surface area contributed by atoms with Crippen LogP contribution in [-0.4, -0.2) is 31.3 Å². The number of nitrogens with two attached hydrogens (primary N) is 1. The van der Waals surface area contributed by atoms with Gasteiger partial charge < -0.3 is 20.3 Å². The second-order valence-corrected chi connectivity index (χ2v) is 2.81. The first kappa shape index (κ1) is 11.3. The highest BCUT2D eigenvalue weighted by atomic mass is 16.5. The molecule has 0 spiro atoms. The molecule has 0 unspecified atom stereocenters. The van der Waals surface area contributed by atoms with E-state index in [1.807, 2.05) is 0 Å². The van der Waals surface area contributed by atoms with Gasteiger partial charge >= 0.3 is 5.97 Å². The third-order valence-electron chi connectivity index (χ3n) is 1.77. The number of benzene rings is 1. The van der Waals surface area contributed by atoms with Crippen molar-refractivity contribution >= 4 is 5.97 Å². The highest BCUT2D eigenvalue weighted by molar-refractivity contribution is 5.90. The maximum absolute atomic E-state index is 11.4. The number of carbonyl (C=O) groups is 1. The van der Waals surface area contributed by atoms with Crippen molar-refractivity contribution in [1.82, 2.24) is 0 Å². The SMILES string of the molecule is COc1cc(C(=O)OCCN)ccc1O. The van der Waals surface area contributed by atoms with Crippen molar-refractivity contribution in [2.75, 3.05) is 20.3 Å². The molecule has 0 saturated heterocycles. The van der Waals surface area contributed by atoms with Crippen molar-refractivity contribution < 1.29 is 19.4 Å². The first-order valence-corrected chi connectivity index (χ1v) is 4.43. The van der Waals surface area contributed by atoms with Crippen LogP contribution in [0.2, 0.25) is 0 Å². The van der Waals surface area contributed by atoms with Crippen LogP contribution >= 0.6 is 0 Å². The summed E-state index contributed by atoms with van der Waals surface area (Å²) in [6, 6.07) is 4.24. The standard InChI is InChI=1S/C10H13NO4/c1-14-9-6-7(2-3-8(9)12)10(13)15-5-4-11/h2-3,6,12H,4-5,11H2,1H3. The molecule has 1 aromatic rings. The molecule has 82 valence electrons. The highest BCUT2D eigenvalue weighted by Crippen LogP contribution is 2.26. The summed E-state index contributed by atoms with van der Waals surface area (Å²) in [5.74, 6) is -0.274. The topological polar surface area (TPSA) is 81.8 Å². The van der Waals surface area contributed by atoms with Crippen LogP contribution in [0.4, 0.5) is 0 Å². The quantitative estimate of drug-likeness (QED) is 0.709. The molecule has 1 rings (SSSR count). The van der Waals surface area contributed by atoms with Crippen LogP contribution in [0.1, 0.15) is 10.4 Å². The summed E-state index contributed by atoms with van der Waals surface area (Å²) in [5.41, 5.74) is 5.51. The summed E-state index contributed by atoms with van der Waals surface area (Å²) in [4.78, 5) is 11.4. The summed E-state index contributed by atoms with van der Waals surface area (Å²) in [7, 11) is 1.41. The van der Waals surface area contributed by atoms with Crippen LogP contribution in [0.25, 0.3) is 0 Å². The Morgan fingerprint density at radius 2 is 2.27 bits per heavy atom. The molecular weight excluding hydrogens is 198 g/mol. The molecule has 0 heterocycles. The smallest absolute Gasteiger partial charge is 0.338 e. The maximum Gasteiger partial charge on any atom is 0.338 e. The van der Waals surface area contributed by atoms with Crippen molar-refractivity contribution in [3.05, 3.63) is 23.8 Å². The zero-order chi connectivity index (χ0) is 11.3. The van der Waals surface area contributed by atoms with Crippen molar-refractivity contribution in [1.29, 1.82) is 0 Å². The molecular formula is C10H13NO4. The predicted octanol–water partition coefficient (Wildman–Crippen LogP) is 0.516. The third kappa shape index (κ3) is 2.85. The van der Waals surface area contributed by atoms with Gasteiger partial charge in [0.2, 0.25) is 0 Å². The summed E-state index contributed by atoms with van der Waals surface area (Å²) < 4.78 is 9.67. The van der Waals surface area contributed by atoms with Crippen molar-refractivity contribution in [3.63, 3.8) is 0 Å². The van der Waals surface area contributed by atoms with E-state index in [9.17, 15) is 9.90 Å². The average molecular weight is 211 g/mol. The third-order valence-corrected chi connectivity index (χ3v) is 1.77. The van der Waals surface area contributed by atoms with E-state index in [2.05, 4.69) is 0 Å². The van der Waals surface area contributed by atoms with E-state index < -0.39 is 5.97 Å². The number of ether oxygens (including phenoxy) is 2. The van der Waals surface area contributed by atoms with E-state index in [-0.39, 0.29) is 24.7 Å². The van der Waals surface area contributed by atoms with Crippen LogP contribution in [0.5, 0.6) is 11.5 Å². The Morgan fingerprint density at radius 3 is 2.87 bits per heavy atom. The van der Waals surface area contributed by atoms with Gasteiger partial charge in [-0.3, -0.25) is 0 Å². The lowest BCUT2D eigenvalue weighted by Gasteiger charge is -2.06. The van der Waals surface area contributed by atoms with Gasteiger partial charge in [-0.1, -0.05) is 0 Å². The number of hydrogen-bond acceptors (Lipinski definition) is 5. The molecule has 0 aliphatic carbocycles. The minimum Gasteiger partial charge on any atom is -0.504 e. The molecule has 0 bridgehead atoms. The Bertz CT molecular complexity index is 351. The summed E-state index contributed by atoms with van der Waals surface area (Å²) in [6.45, 7) is 0.447. The highest BCUT2D eigenvalue weighted by Gasteiger charge is 2.10. The molecule has 5 heteroatoms. The summed E-state index contributed by atoms with van der Waals surface area (Å²) in [6.07, 6.45) is 0. The molecule has 0 aliphatic heterocycles. The van der Waals surface area contributed by atoms with Crippen LogP contribution in [0, 0.1) is 0 Å². The molecule has 0 aromatic heterocycles. The number of methoxy groups -OCH3 is 1. The van der Waals surface area contributed by atoms with Crippen molar-refractivity contribution in [2.24, 2.45) is 5.73 Å². The first-order valence-electron chi connectivity index (χ1n) is 4.43. The van der Waals surface area contributed by atoms with Gasteiger partial charge in [-0.25, -0.2) is 4.79 Å². The number of rotatable bonds is 4. The average Bonchev–Trinajstić information content (AvgIpc) is 2.26. The van der Waals surface area contributed by atoms with Gasteiger partial charge in [0.1, 0.15) is 6.61 Å². The van der Waals surface area contributed by atoms with Gasteiger partial charge in [-0.05, 0) is 18.2 Å². The summed E-state index contributed by atoms with van der Waals surface area (Å²) in [5, 5.41) is 9.30. The number of hydrogen-bond donors (Lipinski definition) is 2. The number of aromatic hydroxyl groups is 1. The fraction of sp³-hybridized carbons (Fsp3) is 0.300. The predicted molar refractivity (Wildman–Crippen MR) is 54.0 cm³/mol. The maximum atomic E-state index is 11.4. The van der Waals surface area contributed by atoms with Gasteiger partial charge in [0.05, 0.1) is 12.7 Å². The minimum atomic E-state index is -0.487. The van der Waals surface area contributed by atoms with Crippen LogP contribution in [-0.2, 0) is 4.74 Å². The lowest BCUT2D eigenvalue weighted by atomic mass is 10.2. The molecule has 15 heavy (non-hydrogen) atoms. The minimum absolute atomic E-state index is 0.0205. The van der Waals surface area contributed by atoms with E-state index in [1.54, 1.807) is 0 Å². The van der Waals surface area contributed by atoms with Gasteiger partial charge in [-0.2, -0.15) is 0 Å². The normalized spacial score (nSPS) is 9.73. The second-order valence-electron chi connectivity index (χ2n) is 2.81. The van der Waals surface area contributed by atoms with Gasteiger partial charge in [0.15, 0.2) is 11.5 Å². The lowest BCUT2D eigenvalue weighted by Crippen LogP contribution is -2.13. The number of phenolic OH excluding ortho intramolecular Hbond substituents is 1. The molecule has 0 fully saturated rings. The largest absolute Gasteiger partial charge is 0.504 e. The fourth-order valence-corrected chi connectivity index (χ4v) is 1.04. The Kier molecular flexibility index (Phi) is 3.93. The molecule has 0 atom stereocenters. The van der Waals surface area contributed by atoms with Gasteiger partial charge in [0, 0.05) is 6.54 Å². The van der Waals surface area contributed by atoms with Crippen LogP contribution < -0.4 is 10.5 Å². The Hall–Kier alpha value is -1.75. The molecule has 1 aromatic carbocycles. The molecule has 0 saturated carbocycles. The van der Waals surface area contributed by atoms with E-state index in [0.717, 1.165) is 0 Å². The van der Waals surface area contributed by atoms with Crippen molar-refractivity contribution in [3.8, 4) is 11.5 Å². The Labute approximate surface area is 87.4 Å². The van der Waals surface area contributed by atoms with E-state index in [1.165, 1.54) is 25.3 Å². The number of esters is 1. The summed E-state index contributed by atoms with van der Waals surface area (Å²) >= 11 is 0. The van der Waals surface area contributed by atoms with E-state index in [0.29, 0.717) is 5.56 Å². The van der Waals surface area contributed by atoms with E-state index >= 15 is 0 Å². The fourth-order valence-electron chi connectivity index (χ4n) is 1.04. The lowest BCUT2D eigenvalue weighted by molar-refractivity contribution is 0.0516. The zero-order valence-electron chi connectivity index (χ0n) is 8.40. The number of carbonyl (C=O) groups excluding carboxylic acids is 1. The Morgan fingerprint density at radius 1 is 1.53 bits per heavy atom. The molecule has 0 aliphatic rings. The van der Waals surface area contributed by atoms with Crippen LogP contribution in [0.15, 0.2) is 18.2 Å². The molecule has 0 amide bonds. The Balaban J connectivity index is 2.81. The van der Waals surface area contributed by atoms with Crippen molar-refractivity contribution in [2.45, 2.75) is 0 Å². The van der Waals surface area contributed by atoms with Crippen LogP contribution in [0.3, 0.4) is 0 Å². The zero-order valence-corrected chi connectivity index (χ0v) is 8.40. The first-order chi connectivity index (χ1) is 7.19. The van der Waals surface area contributed by atoms with E-state index in [4.69, 9.17) is 15.2 Å². The van der Waals surface area contributed by atoms with Gasteiger partial charge in [-0.15, -0.1) is 0 Å². The monoisotopic (exact) mass is 211 g/mol. The molecule has 0 radical (unpaired) electrons. The molecule has 3 N–H and O–H groups in total. The number of phenols is 1.